The first-order valence-electron chi connectivity index (χ1n) is 12.1. The zero-order chi connectivity index (χ0) is 23.9. The van der Waals surface area contributed by atoms with E-state index in [1.807, 2.05) is 6.07 Å². The Balaban J connectivity index is 1.36. The number of morpholine rings is 1. The number of hydrogen-bond donors (Lipinski definition) is 2. The van der Waals surface area contributed by atoms with Crippen molar-refractivity contribution in [2.24, 2.45) is 0 Å². The standard InChI is InChI=1S/C25H34N4O4S/c1-2-3-13-33-25(31)29-10-4-5-19(17-29)27-24(30)23-21(26)16-22(34-23)18-6-8-20(9-7-18)28-11-14-32-15-12-28/h6-9,16,19H,2-5,10-15,17,26H2,1H3,(H,27,30)/t19-/m0/s1. The van der Waals surface area contributed by atoms with Crippen LogP contribution in [-0.2, 0) is 9.47 Å². The van der Waals surface area contributed by atoms with E-state index >= 15 is 0 Å². The summed E-state index contributed by atoms with van der Waals surface area (Å²) < 4.78 is 10.8. The number of nitrogen functional groups attached to an aromatic ring is 1. The molecule has 2 aromatic rings. The molecule has 8 nitrogen and oxygen atoms in total. The van der Waals surface area contributed by atoms with E-state index < -0.39 is 0 Å². The van der Waals surface area contributed by atoms with E-state index in [2.05, 4.69) is 41.4 Å². The van der Waals surface area contributed by atoms with Gasteiger partial charge in [0.05, 0.1) is 25.5 Å². The van der Waals surface area contributed by atoms with Crippen LogP contribution < -0.4 is 16.0 Å². The number of amides is 2. The first-order valence-corrected chi connectivity index (χ1v) is 12.9. The minimum atomic E-state index is -0.300. The molecule has 3 N–H and O–H groups in total. The Morgan fingerprint density at radius 3 is 2.71 bits per heavy atom. The van der Waals surface area contributed by atoms with Gasteiger partial charge in [0.2, 0.25) is 0 Å². The Kier molecular flexibility index (Phi) is 8.29. The second-order valence-corrected chi connectivity index (χ2v) is 9.82. The van der Waals surface area contributed by atoms with Gasteiger partial charge in [0.15, 0.2) is 0 Å². The summed E-state index contributed by atoms with van der Waals surface area (Å²) in [7, 11) is 0. The summed E-state index contributed by atoms with van der Waals surface area (Å²) in [4.78, 5) is 30.7. The lowest BCUT2D eigenvalue weighted by Crippen LogP contribution is -2.49. The molecule has 0 spiro atoms. The molecule has 3 heterocycles. The predicted molar refractivity (Wildman–Crippen MR) is 136 cm³/mol. The number of piperidine rings is 1. The van der Waals surface area contributed by atoms with Crippen molar-refractivity contribution in [3.8, 4) is 10.4 Å². The lowest BCUT2D eigenvalue weighted by Gasteiger charge is -2.32. The molecule has 34 heavy (non-hydrogen) atoms. The molecule has 0 saturated carbocycles. The van der Waals surface area contributed by atoms with Crippen LogP contribution in [-0.4, -0.2) is 68.9 Å². The Labute approximate surface area is 205 Å². The second kappa shape index (κ2) is 11.6. The molecule has 0 bridgehead atoms. The molecule has 2 fully saturated rings. The summed E-state index contributed by atoms with van der Waals surface area (Å²) in [6.07, 6.45) is 3.19. The highest BCUT2D eigenvalue weighted by Gasteiger charge is 2.27. The monoisotopic (exact) mass is 486 g/mol. The largest absolute Gasteiger partial charge is 0.449 e. The summed E-state index contributed by atoms with van der Waals surface area (Å²) in [5.41, 5.74) is 8.90. The number of ether oxygens (including phenoxy) is 2. The summed E-state index contributed by atoms with van der Waals surface area (Å²) in [5.74, 6) is -0.190. The van der Waals surface area contributed by atoms with Crippen molar-refractivity contribution in [2.75, 3.05) is 56.6 Å². The molecular formula is C25H34N4O4S. The first kappa shape index (κ1) is 24.3. The van der Waals surface area contributed by atoms with Gasteiger partial charge in [-0.25, -0.2) is 4.79 Å². The minimum Gasteiger partial charge on any atom is -0.449 e. The Hall–Kier alpha value is -2.78. The predicted octanol–water partition coefficient (Wildman–Crippen LogP) is 3.96. The lowest BCUT2D eigenvalue weighted by molar-refractivity contribution is 0.0798. The molecule has 2 aliphatic heterocycles. The number of thiophene rings is 1. The van der Waals surface area contributed by atoms with E-state index in [1.165, 1.54) is 17.0 Å². The second-order valence-electron chi connectivity index (χ2n) is 8.77. The summed E-state index contributed by atoms with van der Waals surface area (Å²) >= 11 is 1.40. The summed E-state index contributed by atoms with van der Waals surface area (Å²) in [6.45, 7) is 6.89. The number of nitrogens with two attached hydrogens (primary N) is 1. The van der Waals surface area contributed by atoms with Crippen molar-refractivity contribution in [3.63, 3.8) is 0 Å². The zero-order valence-corrected chi connectivity index (χ0v) is 20.6. The van der Waals surface area contributed by atoms with Crippen LogP contribution in [0.25, 0.3) is 10.4 Å². The van der Waals surface area contributed by atoms with Gasteiger partial charge in [-0.2, -0.15) is 0 Å². The van der Waals surface area contributed by atoms with Crippen molar-refractivity contribution >= 4 is 34.7 Å². The molecule has 1 aromatic heterocycles. The third kappa shape index (κ3) is 6.01. The van der Waals surface area contributed by atoms with Gasteiger partial charge in [0.25, 0.3) is 5.91 Å². The van der Waals surface area contributed by atoms with Gasteiger partial charge in [-0.1, -0.05) is 25.5 Å². The number of nitrogens with zero attached hydrogens (tertiary/aromatic N) is 2. The van der Waals surface area contributed by atoms with Crippen molar-refractivity contribution in [3.05, 3.63) is 35.2 Å². The number of carbonyl (C=O) groups excluding carboxylic acids is 2. The van der Waals surface area contributed by atoms with Crippen molar-refractivity contribution in [1.29, 1.82) is 0 Å². The van der Waals surface area contributed by atoms with Crippen LogP contribution in [0.5, 0.6) is 0 Å². The van der Waals surface area contributed by atoms with Crippen LogP contribution in [0, 0.1) is 0 Å². The van der Waals surface area contributed by atoms with Gasteiger partial charge in [0, 0.05) is 42.8 Å². The van der Waals surface area contributed by atoms with Gasteiger partial charge in [0.1, 0.15) is 4.88 Å². The molecular weight excluding hydrogens is 452 g/mol. The number of rotatable bonds is 7. The fourth-order valence-electron chi connectivity index (χ4n) is 4.29. The van der Waals surface area contributed by atoms with E-state index in [0.717, 1.165) is 62.4 Å². The molecule has 4 rings (SSSR count). The highest BCUT2D eigenvalue weighted by atomic mass is 32.1. The maximum absolute atomic E-state index is 13.0. The molecule has 0 unspecified atom stereocenters. The van der Waals surface area contributed by atoms with Gasteiger partial charge in [-0.15, -0.1) is 11.3 Å². The summed E-state index contributed by atoms with van der Waals surface area (Å²) in [5, 5.41) is 3.07. The van der Waals surface area contributed by atoms with Crippen LogP contribution in [0.3, 0.4) is 0 Å². The number of nitrogens with one attached hydrogen (secondary N) is 1. The highest BCUT2D eigenvalue weighted by Crippen LogP contribution is 2.34. The highest BCUT2D eigenvalue weighted by molar-refractivity contribution is 7.18. The van der Waals surface area contributed by atoms with E-state index in [1.54, 1.807) is 4.90 Å². The van der Waals surface area contributed by atoms with Crippen molar-refractivity contribution < 1.29 is 19.1 Å². The number of likely N-dealkylation sites (tertiary alicyclic amines) is 1. The maximum atomic E-state index is 13.0. The Bertz CT molecular complexity index is 972. The van der Waals surface area contributed by atoms with E-state index in [-0.39, 0.29) is 18.0 Å². The normalized spacial score (nSPS) is 18.6. The molecule has 184 valence electrons. The van der Waals surface area contributed by atoms with Gasteiger partial charge >= 0.3 is 6.09 Å². The number of anilines is 2. The SMILES string of the molecule is CCCCOC(=O)N1CCC[C@H](NC(=O)c2sc(-c3ccc(N4CCOCC4)cc3)cc2N)C1. The topological polar surface area (TPSA) is 97.1 Å². The number of carbonyl (C=O) groups is 2. The van der Waals surface area contributed by atoms with E-state index in [9.17, 15) is 9.59 Å². The van der Waals surface area contributed by atoms with Gasteiger partial charge < -0.3 is 30.3 Å². The van der Waals surface area contributed by atoms with E-state index in [0.29, 0.717) is 30.3 Å². The molecule has 0 radical (unpaired) electrons. The van der Waals surface area contributed by atoms with Crippen LogP contribution in [0.2, 0.25) is 0 Å². The molecule has 9 heteroatoms. The van der Waals surface area contributed by atoms with Gasteiger partial charge in [-0.05, 0) is 43.0 Å². The average molecular weight is 487 g/mol. The fourth-order valence-corrected chi connectivity index (χ4v) is 5.28. The first-order chi connectivity index (χ1) is 16.5. The fraction of sp³-hybridized carbons (Fsp3) is 0.520. The van der Waals surface area contributed by atoms with Crippen LogP contribution >= 0.6 is 11.3 Å². The zero-order valence-electron chi connectivity index (χ0n) is 19.8. The summed E-state index contributed by atoms with van der Waals surface area (Å²) in [6, 6.07) is 10.1. The smallest absolute Gasteiger partial charge is 0.409 e. The quantitative estimate of drug-likeness (QED) is 0.575. The van der Waals surface area contributed by atoms with Crippen LogP contribution in [0.1, 0.15) is 42.3 Å². The Morgan fingerprint density at radius 1 is 1.21 bits per heavy atom. The van der Waals surface area contributed by atoms with Crippen molar-refractivity contribution in [1.82, 2.24) is 10.2 Å². The molecule has 2 saturated heterocycles. The molecule has 1 atom stereocenters. The average Bonchev–Trinajstić information content (AvgIpc) is 3.26. The van der Waals surface area contributed by atoms with Crippen LogP contribution in [0.15, 0.2) is 30.3 Å². The number of unbranched alkanes of at least 4 members (excludes halogenated alkanes) is 1. The molecule has 2 aliphatic rings. The van der Waals surface area contributed by atoms with Crippen molar-refractivity contribution in [2.45, 2.75) is 38.6 Å². The Morgan fingerprint density at radius 2 is 1.97 bits per heavy atom. The third-order valence-electron chi connectivity index (χ3n) is 6.23. The van der Waals surface area contributed by atoms with E-state index in [4.69, 9.17) is 15.2 Å². The van der Waals surface area contributed by atoms with Crippen LogP contribution in [0.4, 0.5) is 16.2 Å². The molecule has 0 aliphatic carbocycles. The minimum absolute atomic E-state index is 0.113. The lowest BCUT2D eigenvalue weighted by atomic mass is 10.1. The third-order valence-corrected chi connectivity index (χ3v) is 7.43. The number of hydrogen-bond acceptors (Lipinski definition) is 7. The maximum Gasteiger partial charge on any atom is 0.409 e. The number of benzene rings is 1. The molecule has 1 aromatic carbocycles. The molecule has 2 amide bonds. The van der Waals surface area contributed by atoms with Gasteiger partial charge in [-0.3, -0.25) is 4.79 Å².